The van der Waals surface area contributed by atoms with Gasteiger partial charge in [-0.05, 0) is 36.8 Å². The molecule has 0 saturated heterocycles. The van der Waals surface area contributed by atoms with Crippen molar-refractivity contribution in [3.63, 3.8) is 0 Å². The van der Waals surface area contributed by atoms with Gasteiger partial charge in [-0.2, -0.15) is 0 Å². The van der Waals surface area contributed by atoms with Crippen LogP contribution in [0.4, 0.5) is 0 Å². The maximum Gasteiger partial charge on any atom is 0.150 e. The van der Waals surface area contributed by atoms with E-state index >= 15 is 0 Å². The molecule has 0 spiro atoms. The van der Waals surface area contributed by atoms with Gasteiger partial charge in [-0.1, -0.05) is 18.7 Å². The van der Waals surface area contributed by atoms with E-state index in [1.165, 1.54) is 0 Å². The van der Waals surface area contributed by atoms with Gasteiger partial charge in [0.2, 0.25) is 0 Å². The molecule has 0 aliphatic heterocycles. The molecular formula is C13H14O2. The maximum atomic E-state index is 10.4. The van der Waals surface area contributed by atoms with Gasteiger partial charge in [0, 0.05) is 5.56 Å². The van der Waals surface area contributed by atoms with Gasteiger partial charge in [-0.15, -0.1) is 0 Å². The van der Waals surface area contributed by atoms with Crippen LogP contribution in [0.15, 0.2) is 48.6 Å². The molecule has 0 atom stereocenters. The predicted octanol–water partition coefficient (Wildman–Crippen LogP) is 3.01. The minimum absolute atomic E-state index is 0.500. The lowest BCUT2D eigenvalue weighted by molar-refractivity contribution is 0.112. The summed E-state index contributed by atoms with van der Waals surface area (Å²) in [6.45, 7) is 6.12. The summed E-state index contributed by atoms with van der Waals surface area (Å²) in [7, 11) is 0. The summed E-state index contributed by atoms with van der Waals surface area (Å²) in [5.41, 5.74) is 1.69. The number of ether oxygens (including phenoxy) is 1. The van der Waals surface area contributed by atoms with E-state index in [0.29, 0.717) is 12.2 Å². The van der Waals surface area contributed by atoms with Crippen molar-refractivity contribution >= 4 is 6.29 Å². The monoisotopic (exact) mass is 202 g/mol. The van der Waals surface area contributed by atoms with Gasteiger partial charge in [0.25, 0.3) is 0 Å². The van der Waals surface area contributed by atoms with E-state index < -0.39 is 0 Å². The highest BCUT2D eigenvalue weighted by Crippen LogP contribution is 2.12. The van der Waals surface area contributed by atoms with E-state index in [-0.39, 0.29) is 0 Å². The molecule has 0 aliphatic rings. The first-order valence-electron chi connectivity index (χ1n) is 4.76. The minimum atomic E-state index is 0.500. The van der Waals surface area contributed by atoms with Crippen LogP contribution in [0.5, 0.6) is 5.75 Å². The first kappa shape index (κ1) is 11.2. The van der Waals surface area contributed by atoms with Crippen molar-refractivity contribution in [1.82, 2.24) is 0 Å². The topological polar surface area (TPSA) is 26.3 Å². The Morgan fingerprint density at radius 2 is 2.07 bits per heavy atom. The molecule has 15 heavy (non-hydrogen) atoms. The number of hydrogen-bond donors (Lipinski definition) is 0. The molecule has 1 aromatic carbocycles. The first-order valence-corrected chi connectivity index (χ1v) is 4.76. The summed E-state index contributed by atoms with van der Waals surface area (Å²) in [6.07, 6.45) is 4.53. The lowest BCUT2D eigenvalue weighted by atomic mass is 10.2. The molecule has 2 heteroatoms. The number of benzene rings is 1. The van der Waals surface area contributed by atoms with Gasteiger partial charge >= 0.3 is 0 Å². The fourth-order valence-electron chi connectivity index (χ4n) is 1.07. The van der Waals surface area contributed by atoms with Crippen molar-refractivity contribution in [2.24, 2.45) is 0 Å². The number of allylic oxidation sites excluding steroid dienone is 1. The molecule has 0 aliphatic carbocycles. The molecule has 0 radical (unpaired) electrons. The van der Waals surface area contributed by atoms with E-state index in [2.05, 4.69) is 6.58 Å². The maximum absolute atomic E-state index is 10.4. The summed E-state index contributed by atoms with van der Waals surface area (Å²) in [4.78, 5) is 10.4. The summed E-state index contributed by atoms with van der Waals surface area (Å²) < 4.78 is 5.49. The van der Waals surface area contributed by atoms with Crippen LogP contribution in [0, 0.1) is 0 Å². The highest BCUT2D eigenvalue weighted by Gasteiger charge is 1.95. The van der Waals surface area contributed by atoms with Crippen molar-refractivity contribution in [3.8, 4) is 5.75 Å². The lowest BCUT2D eigenvalue weighted by Crippen LogP contribution is -1.99. The van der Waals surface area contributed by atoms with Gasteiger partial charge in [0.05, 0.1) is 0 Å². The standard InChI is InChI=1S/C13H14O2/c1-3-11(4-2)10-15-13-7-5-12(9-14)6-8-13/h3-9H,1,10H2,2H3/b11-4+. The number of aldehydes is 1. The van der Waals surface area contributed by atoms with Crippen molar-refractivity contribution in [2.75, 3.05) is 6.61 Å². The van der Waals surface area contributed by atoms with E-state index in [0.717, 1.165) is 17.6 Å². The smallest absolute Gasteiger partial charge is 0.150 e. The highest BCUT2D eigenvalue weighted by atomic mass is 16.5. The van der Waals surface area contributed by atoms with Crippen LogP contribution >= 0.6 is 0 Å². The average molecular weight is 202 g/mol. The van der Waals surface area contributed by atoms with Gasteiger partial charge < -0.3 is 4.74 Å². The van der Waals surface area contributed by atoms with Crippen LogP contribution in [-0.4, -0.2) is 12.9 Å². The van der Waals surface area contributed by atoms with Crippen LogP contribution in [-0.2, 0) is 0 Å². The molecule has 0 unspecified atom stereocenters. The molecule has 0 bridgehead atoms. The molecule has 2 nitrogen and oxygen atoms in total. The van der Waals surface area contributed by atoms with Gasteiger partial charge in [0.1, 0.15) is 18.6 Å². The average Bonchev–Trinajstić information content (AvgIpc) is 2.31. The third-order valence-electron chi connectivity index (χ3n) is 2.05. The second kappa shape index (κ2) is 5.81. The van der Waals surface area contributed by atoms with Crippen LogP contribution < -0.4 is 4.74 Å². The molecular weight excluding hydrogens is 188 g/mol. The zero-order chi connectivity index (χ0) is 11.1. The van der Waals surface area contributed by atoms with Crippen LogP contribution in [0.1, 0.15) is 17.3 Å². The number of carbonyl (C=O) groups is 1. The van der Waals surface area contributed by atoms with Crippen LogP contribution in [0.25, 0.3) is 0 Å². The SMILES string of the molecule is C=C/C(=C\C)COc1ccc(C=O)cc1. The number of hydrogen-bond acceptors (Lipinski definition) is 2. The van der Waals surface area contributed by atoms with Crippen LogP contribution in [0.3, 0.4) is 0 Å². The molecule has 0 fully saturated rings. The summed E-state index contributed by atoms with van der Waals surface area (Å²) in [5.74, 6) is 0.752. The zero-order valence-corrected chi connectivity index (χ0v) is 8.77. The second-order valence-electron chi connectivity index (χ2n) is 3.04. The Bertz CT molecular complexity index is 361. The minimum Gasteiger partial charge on any atom is -0.489 e. The quantitative estimate of drug-likeness (QED) is 0.542. The lowest BCUT2D eigenvalue weighted by Gasteiger charge is -2.06. The fraction of sp³-hybridized carbons (Fsp3) is 0.154. The Labute approximate surface area is 89.9 Å². The summed E-state index contributed by atoms with van der Waals surface area (Å²) in [5, 5.41) is 0. The van der Waals surface area contributed by atoms with E-state index in [4.69, 9.17) is 4.74 Å². The highest BCUT2D eigenvalue weighted by molar-refractivity contribution is 5.74. The van der Waals surface area contributed by atoms with Crippen molar-refractivity contribution < 1.29 is 9.53 Å². The fourth-order valence-corrected chi connectivity index (χ4v) is 1.07. The molecule has 1 aromatic rings. The van der Waals surface area contributed by atoms with E-state index in [1.54, 1.807) is 30.3 Å². The molecule has 78 valence electrons. The van der Waals surface area contributed by atoms with Gasteiger partial charge in [0.15, 0.2) is 0 Å². The Balaban J connectivity index is 2.58. The normalized spacial score (nSPS) is 10.9. The molecule has 0 saturated carbocycles. The third-order valence-corrected chi connectivity index (χ3v) is 2.05. The molecule has 0 heterocycles. The predicted molar refractivity (Wildman–Crippen MR) is 61.3 cm³/mol. The zero-order valence-electron chi connectivity index (χ0n) is 8.77. The second-order valence-corrected chi connectivity index (χ2v) is 3.04. The largest absolute Gasteiger partial charge is 0.489 e. The molecule has 0 aromatic heterocycles. The Morgan fingerprint density at radius 1 is 1.40 bits per heavy atom. The van der Waals surface area contributed by atoms with Crippen molar-refractivity contribution in [1.29, 1.82) is 0 Å². The Hall–Kier alpha value is -1.83. The molecule has 0 N–H and O–H groups in total. The first-order chi connectivity index (χ1) is 7.30. The van der Waals surface area contributed by atoms with Gasteiger partial charge in [-0.3, -0.25) is 4.79 Å². The third kappa shape index (κ3) is 3.43. The van der Waals surface area contributed by atoms with Crippen LogP contribution in [0.2, 0.25) is 0 Å². The van der Waals surface area contributed by atoms with E-state index in [9.17, 15) is 4.79 Å². The van der Waals surface area contributed by atoms with Crippen molar-refractivity contribution in [3.05, 3.63) is 54.1 Å². The number of carbonyl (C=O) groups excluding carboxylic acids is 1. The van der Waals surface area contributed by atoms with E-state index in [1.807, 2.05) is 13.0 Å². The molecule has 0 amide bonds. The Morgan fingerprint density at radius 3 is 2.53 bits per heavy atom. The summed E-state index contributed by atoms with van der Waals surface area (Å²) >= 11 is 0. The number of rotatable bonds is 5. The van der Waals surface area contributed by atoms with Crippen molar-refractivity contribution in [2.45, 2.75) is 6.92 Å². The molecule has 1 rings (SSSR count). The summed E-state index contributed by atoms with van der Waals surface area (Å²) in [6, 6.07) is 7.01. The van der Waals surface area contributed by atoms with Gasteiger partial charge in [-0.25, -0.2) is 0 Å². The Kier molecular flexibility index (Phi) is 4.35.